The first-order chi connectivity index (χ1) is 13.8. The van der Waals surface area contributed by atoms with Crippen LogP contribution in [0.4, 0.5) is 0 Å². The molecule has 0 bridgehead atoms. The van der Waals surface area contributed by atoms with Gasteiger partial charge in [-0.2, -0.15) is 0 Å². The van der Waals surface area contributed by atoms with Crippen molar-refractivity contribution in [2.75, 3.05) is 6.61 Å². The highest BCUT2D eigenvalue weighted by atomic mass is 16.9. The summed E-state index contributed by atoms with van der Waals surface area (Å²) in [6.45, 7) is 4.56. The van der Waals surface area contributed by atoms with Gasteiger partial charge in [-0.1, -0.05) is 18.2 Å². The fraction of sp³-hybridized carbons (Fsp3) is 0.250. The molecule has 0 amide bonds. The van der Waals surface area contributed by atoms with E-state index >= 15 is 0 Å². The van der Waals surface area contributed by atoms with E-state index in [9.17, 15) is 19.5 Å². The van der Waals surface area contributed by atoms with Gasteiger partial charge in [-0.3, -0.25) is 0 Å². The molecular formula is C20H22O9. The van der Waals surface area contributed by atoms with Crippen LogP contribution in [0.5, 0.6) is 0 Å². The number of allylic oxidation sites excluding steroid dienone is 3. The molecule has 0 aromatic heterocycles. The van der Waals surface area contributed by atoms with Crippen LogP contribution in [0.2, 0.25) is 0 Å². The van der Waals surface area contributed by atoms with Crippen molar-refractivity contribution in [1.29, 1.82) is 0 Å². The number of hydrogen-bond donors (Lipinski definition) is 2. The van der Waals surface area contributed by atoms with Gasteiger partial charge in [0.2, 0.25) is 6.61 Å². The lowest BCUT2D eigenvalue weighted by molar-refractivity contribution is -0.331. The first-order valence-electron chi connectivity index (χ1n) is 8.45. The number of carboxylic acids is 2. The maximum atomic E-state index is 12.4. The van der Waals surface area contributed by atoms with Gasteiger partial charge in [-0.25, -0.2) is 14.4 Å². The Morgan fingerprint density at radius 2 is 1.34 bits per heavy atom. The van der Waals surface area contributed by atoms with E-state index in [0.717, 1.165) is 18.2 Å². The van der Waals surface area contributed by atoms with Crippen LogP contribution in [-0.4, -0.2) is 40.7 Å². The van der Waals surface area contributed by atoms with Crippen molar-refractivity contribution in [2.45, 2.75) is 26.7 Å². The molecular weight excluding hydrogens is 384 g/mol. The summed E-state index contributed by atoms with van der Waals surface area (Å²) in [5.74, 6) is -5.67. The molecule has 2 N–H and O–H groups in total. The number of carbonyl (C=O) groups excluding carboxylic acids is 1. The molecule has 0 aliphatic carbocycles. The molecule has 0 radical (unpaired) electrons. The molecule has 0 aliphatic rings. The average Bonchev–Trinajstić information content (AvgIpc) is 2.71. The molecule has 0 spiro atoms. The van der Waals surface area contributed by atoms with Gasteiger partial charge in [-0.05, 0) is 39.0 Å². The molecule has 0 aliphatic heterocycles. The van der Waals surface area contributed by atoms with Crippen molar-refractivity contribution in [2.24, 2.45) is 0 Å². The Morgan fingerprint density at radius 3 is 1.76 bits per heavy atom. The van der Waals surface area contributed by atoms with E-state index in [1.165, 1.54) is 18.8 Å². The van der Waals surface area contributed by atoms with E-state index in [0.29, 0.717) is 0 Å². The highest BCUT2D eigenvalue weighted by Crippen LogP contribution is 2.20. The molecule has 1 aromatic carbocycles. The third-order valence-electron chi connectivity index (χ3n) is 3.25. The van der Waals surface area contributed by atoms with Crippen molar-refractivity contribution in [3.05, 3.63) is 71.9 Å². The number of benzene rings is 1. The largest absolute Gasteiger partial charge is 0.478 e. The monoisotopic (exact) mass is 406 g/mol. The quantitative estimate of drug-likeness (QED) is 0.322. The molecule has 9 heteroatoms. The first kappa shape index (κ1) is 23.3. The standard InChI is InChI=1S/C20H22O9/c1-4-9-27-20(28-10-5-2,29-11-6-3)13-26-19(25)14-7-8-15(17(21)22)16(12-14)18(23)24/h4-12H,13H2,1-3H3,(H,21,22)(H,23,24). The lowest BCUT2D eigenvalue weighted by Gasteiger charge is -2.29. The molecule has 0 atom stereocenters. The summed E-state index contributed by atoms with van der Waals surface area (Å²) in [7, 11) is 0. The topological polar surface area (TPSA) is 129 Å². The number of rotatable bonds is 11. The molecule has 29 heavy (non-hydrogen) atoms. The third kappa shape index (κ3) is 6.73. The van der Waals surface area contributed by atoms with E-state index in [1.54, 1.807) is 39.0 Å². The minimum Gasteiger partial charge on any atom is -0.478 e. The Bertz CT molecular complexity index is 785. The fourth-order valence-electron chi connectivity index (χ4n) is 1.97. The van der Waals surface area contributed by atoms with Crippen LogP contribution in [-0.2, 0) is 18.9 Å². The van der Waals surface area contributed by atoms with Gasteiger partial charge in [0, 0.05) is 0 Å². The van der Waals surface area contributed by atoms with Gasteiger partial charge in [-0.15, -0.1) is 0 Å². The predicted octanol–water partition coefficient (Wildman–Crippen LogP) is 3.54. The van der Waals surface area contributed by atoms with Crippen molar-refractivity contribution < 1.29 is 43.5 Å². The highest BCUT2D eigenvalue weighted by molar-refractivity contribution is 6.03. The summed E-state index contributed by atoms with van der Waals surface area (Å²) in [6.07, 6.45) is 8.55. The van der Waals surface area contributed by atoms with Crippen molar-refractivity contribution in [3.63, 3.8) is 0 Å². The van der Waals surface area contributed by atoms with Gasteiger partial charge in [0.1, 0.15) is 0 Å². The second kappa shape index (κ2) is 11.2. The zero-order chi connectivity index (χ0) is 21.9. The number of ether oxygens (including phenoxy) is 4. The molecule has 0 unspecified atom stereocenters. The van der Waals surface area contributed by atoms with Gasteiger partial charge in [0.25, 0.3) is 0 Å². The van der Waals surface area contributed by atoms with Crippen molar-refractivity contribution in [1.82, 2.24) is 0 Å². The molecule has 1 aromatic rings. The highest BCUT2D eigenvalue weighted by Gasteiger charge is 2.37. The van der Waals surface area contributed by atoms with Gasteiger partial charge < -0.3 is 29.2 Å². The van der Waals surface area contributed by atoms with Gasteiger partial charge in [0.05, 0.1) is 35.5 Å². The summed E-state index contributed by atoms with van der Waals surface area (Å²) in [5, 5.41) is 18.2. The second-order valence-electron chi connectivity index (χ2n) is 5.39. The lowest BCUT2D eigenvalue weighted by Crippen LogP contribution is -2.41. The Kier molecular flexibility index (Phi) is 8.97. The van der Waals surface area contributed by atoms with Crippen LogP contribution in [0.25, 0.3) is 0 Å². The number of carboxylic acid groups (broad SMARTS) is 2. The number of hydrogen-bond acceptors (Lipinski definition) is 7. The molecule has 0 heterocycles. The van der Waals surface area contributed by atoms with E-state index in [1.807, 2.05) is 0 Å². The van der Waals surface area contributed by atoms with Crippen LogP contribution in [0.3, 0.4) is 0 Å². The Labute approximate surface area is 167 Å². The summed E-state index contributed by atoms with van der Waals surface area (Å²) in [4.78, 5) is 34.8. The van der Waals surface area contributed by atoms with E-state index in [4.69, 9.17) is 24.1 Å². The Morgan fingerprint density at radius 1 is 0.862 bits per heavy atom. The van der Waals surface area contributed by atoms with E-state index in [-0.39, 0.29) is 5.56 Å². The average molecular weight is 406 g/mol. The maximum absolute atomic E-state index is 12.4. The van der Waals surface area contributed by atoms with Crippen LogP contribution >= 0.6 is 0 Å². The summed E-state index contributed by atoms with van der Waals surface area (Å²) < 4.78 is 21.4. The predicted molar refractivity (Wildman–Crippen MR) is 101 cm³/mol. The normalized spacial score (nSPS) is 13.3. The molecule has 0 saturated carbocycles. The minimum absolute atomic E-state index is 0.163. The summed E-state index contributed by atoms with van der Waals surface area (Å²) in [6, 6.07) is 3.08. The second-order valence-corrected chi connectivity index (χ2v) is 5.39. The number of carbonyl (C=O) groups is 3. The SMILES string of the molecule is CC=COC(COC(=O)c1ccc(C(=O)O)c(C(=O)O)c1)(OC=CC)OC=CC. The zero-order valence-electron chi connectivity index (χ0n) is 16.2. The number of aromatic carboxylic acids is 2. The smallest absolute Gasteiger partial charge is 0.452 e. The van der Waals surface area contributed by atoms with Gasteiger partial charge >= 0.3 is 23.9 Å². The van der Waals surface area contributed by atoms with E-state index < -0.39 is 41.6 Å². The molecule has 156 valence electrons. The van der Waals surface area contributed by atoms with Crippen molar-refractivity contribution in [3.8, 4) is 0 Å². The maximum Gasteiger partial charge on any atom is 0.452 e. The Hall–Kier alpha value is -3.75. The van der Waals surface area contributed by atoms with Crippen LogP contribution in [0, 0.1) is 0 Å². The van der Waals surface area contributed by atoms with E-state index in [2.05, 4.69) is 0 Å². The molecule has 1 rings (SSSR count). The fourth-order valence-corrected chi connectivity index (χ4v) is 1.97. The third-order valence-corrected chi connectivity index (χ3v) is 3.25. The lowest BCUT2D eigenvalue weighted by atomic mass is 10.0. The molecule has 9 nitrogen and oxygen atoms in total. The van der Waals surface area contributed by atoms with Crippen LogP contribution in [0.15, 0.2) is 55.2 Å². The minimum atomic E-state index is -1.82. The first-order valence-corrected chi connectivity index (χ1v) is 8.45. The van der Waals surface area contributed by atoms with Gasteiger partial charge in [0.15, 0.2) is 0 Å². The molecule has 0 saturated heterocycles. The van der Waals surface area contributed by atoms with Crippen molar-refractivity contribution >= 4 is 17.9 Å². The van der Waals surface area contributed by atoms with Crippen LogP contribution in [0.1, 0.15) is 51.8 Å². The zero-order valence-corrected chi connectivity index (χ0v) is 16.2. The number of esters is 1. The summed E-state index contributed by atoms with van der Waals surface area (Å²) >= 11 is 0. The summed E-state index contributed by atoms with van der Waals surface area (Å²) in [5.41, 5.74) is -1.16. The molecule has 0 fully saturated rings. The Balaban J connectivity index is 3.11. The van der Waals surface area contributed by atoms with Crippen LogP contribution < -0.4 is 0 Å².